The van der Waals surface area contributed by atoms with Gasteiger partial charge in [-0.15, -0.1) is 0 Å². The molecule has 1 aliphatic rings. The Morgan fingerprint density at radius 2 is 2.33 bits per heavy atom. The van der Waals surface area contributed by atoms with Gasteiger partial charge in [0, 0.05) is 0 Å². The van der Waals surface area contributed by atoms with Gasteiger partial charge in [-0.05, 0) is 0 Å². The molecule has 0 saturated heterocycles. The summed E-state index contributed by atoms with van der Waals surface area (Å²) in [5, 5.41) is 0. The standard InChI is InChI=1S/C10H11N.Sn/c1-4-9(3)10-5-8(2)6-11-7-10;/h3,5-6H,4H2,1-2H3;. The Morgan fingerprint density at radius 1 is 1.50 bits per heavy atom. The van der Waals surface area contributed by atoms with Crippen molar-refractivity contribution in [2.45, 2.75) is 20.3 Å². The maximum absolute atomic E-state index is 4.48. The average molecular weight is 264 g/mol. The third-order valence-electron chi connectivity index (χ3n) is 2.13. The zero-order valence-electron chi connectivity index (χ0n) is 7.39. The van der Waals surface area contributed by atoms with E-state index in [4.69, 9.17) is 0 Å². The number of allylic oxidation sites excluding steroid dienone is 1. The van der Waals surface area contributed by atoms with Crippen LogP contribution in [0.3, 0.4) is 0 Å². The van der Waals surface area contributed by atoms with Gasteiger partial charge in [-0.3, -0.25) is 0 Å². The summed E-state index contributed by atoms with van der Waals surface area (Å²) < 4.78 is 3.88. The topological polar surface area (TPSA) is 12.9 Å². The quantitative estimate of drug-likeness (QED) is 0.700. The van der Waals surface area contributed by atoms with Crippen molar-refractivity contribution in [1.29, 1.82) is 0 Å². The summed E-state index contributed by atoms with van der Waals surface area (Å²) in [5.41, 5.74) is 4.27. The fourth-order valence-corrected chi connectivity index (χ4v) is 4.87. The summed E-state index contributed by atoms with van der Waals surface area (Å²) in [5.74, 6) is 0. The molecule has 0 amide bonds. The Hall–Kier alpha value is -0.311. The van der Waals surface area contributed by atoms with E-state index in [1.165, 1.54) is 26.8 Å². The summed E-state index contributed by atoms with van der Waals surface area (Å²) in [6.07, 6.45) is 3.16. The summed E-state index contributed by atoms with van der Waals surface area (Å²) in [7, 11) is 0. The zero-order chi connectivity index (χ0) is 8.55. The van der Waals surface area contributed by atoms with Crippen molar-refractivity contribution in [3.05, 3.63) is 27.5 Å². The zero-order valence-corrected chi connectivity index (χ0v) is 10.2. The van der Waals surface area contributed by atoms with Gasteiger partial charge in [0.05, 0.1) is 0 Å². The van der Waals surface area contributed by atoms with Crippen molar-refractivity contribution in [1.82, 2.24) is 4.98 Å². The first-order chi connectivity index (χ1) is 5.81. The molecular weight excluding hydrogens is 253 g/mol. The van der Waals surface area contributed by atoms with Crippen LogP contribution in [-0.2, 0) is 0 Å². The number of nitrogens with zero attached hydrogens (tertiary/aromatic N) is 1. The van der Waals surface area contributed by atoms with Crippen LogP contribution in [0.15, 0.2) is 16.4 Å². The number of hydrogen-bond donors (Lipinski definition) is 0. The molecule has 2 heterocycles. The van der Waals surface area contributed by atoms with Crippen molar-refractivity contribution in [3.8, 4) is 0 Å². The van der Waals surface area contributed by atoms with Crippen molar-refractivity contribution in [2.24, 2.45) is 0 Å². The van der Waals surface area contributed by atoms with Crippen molar-refractivity contribution in [2.75, 3.05) is 0 Å². The fraction of sp³-hybridized carbons (Fsp3) is 0.300. The van der Waals surface area contributed by atoms with Gasteiger partial charge in [-0.25, -0.2) is 0 Å². The molecule has 2 heteroatoms. The molecular formula is C10H11NSn. The Balaban J connectivity index is 2.50. The van der Waals surface area contributed by atoms with Gasteiger partial charge in [0.15, 0.2) is 0 Å². The first kappa shape index (κ1) is 8.29. The molecule has 60 valence electrons. The Morgan fingerprint density at radius 3 is 3.08 bits per heavy atom. The van der Waals surface area contributed by atoms with Crippen LogP contribution in [0.1, 0.15) is 24.5 Å². The Kier molecular flexibility index (Phi) is 2.22. The van der Waals surface area contributed by atoms with E-state index in [-0.39, 0.29) is 0 Å². The van der Waals surface area contributed by atoms with Crippen molar-refractivity contribution >= 4 is 30.4 Å². The second-order valence-corrected chi connectivity index (χ2v) is 6.08. The molecule has 0 N–H and O–H groups in total. The summed E-state index contributed by atoms with van der Waals surface area (Å²) >= 11 is -0.421. The number of aromatic nitrogens is 1. The van der Waals surface area contributed by atoms with E-state index in [2.05, 4.69) is 29.0 Å². The molecule has 0 fully saturated rings. The van der Waals surface area contributed by atoms with E-state index < -0.39 is 21.1 Å². The van der Waals surface area contributed by atoms with Crippen LogP contribution < -0.4 is 3.71 Å². The number of hydrogen-bond acceptors (Lipinski definition) is 1. The van der Waals surface area contributed by atoms with Crippen LogP contribution in [0.25, 0.3) is 5.57 Å². The molecule has 2 rings (SSSR count). The van der Waals surface area contributed by atoms with E-state index in [0.29, 0.717) is 0 Å². The van der Waals surface area contributed by atoms with Crippen LogP contribution >= 0.6 is 0 Å². The molecule has 12 heavy (non-hydrogen) atoms. The average Bonchev–Trinajstić information content (AvgIpc) is 2.46. The maximum atomic E-state index is 4.48. The van der Waals surface area contributed by atoms with Crippen LogP contribution in [-0.4, -0.2) is 26.1 Å². The van der Waals surface area contributed by atoms with E-state index in [1.807, 2.05) is 6.20 Å². The van der Waals surface area contributed by atoms with Crippen LogP contribution in [0.4, 0.5) is 0 Å². The SMILES string of the molecule is CCC1=[CH][Sn][c]2ncc(C)cc21. The minimum absolute atomic E-state index is 0.421. The van der Waals surface area contributed by atoms with E-state index in [9.17, 15) is 0 Å². The fourth-order valence-electron chi connectivity index (χ4n) is 1.45. The van der Waals surface area contributed by atoms with Gasteiger partial charge >= 0.3 is 83.2 Å². The Bertz CT molecular complexity index is 342. The molecule has 1 nitrogen and oxygen atoms in total. The number of pyridine rings is 1. The third kappa shape index (κ3) is 1.30. The molecule has 1 aromatic heterocycles. The Labute approximate surface area is 83.1 Å². The predicted octanol–water partition coefficient (Wildman–Crippen LogP) is 1.48. The van der Waals surface area contributed by atoms with Gasteiger partial charge in [0.1, 0.15) is 0 Å². The normalized spacial score (nSPS) is 14.3. The van der Waals surface area contributed by atoms with Gasteiger partial charge in [0.2, 0.25) is 0 Å². The molecule has 0 saturated carbocycles. The summed E-state index contributed by atoms with van der Waals surface area (Å²) in [4.78, 5) is 4.48. The monoisotopic (exact) mass is 265 g/mol. The molecule has 1 aromatic rings. The molecule has 0 aromatic carbocycles. The molecule has 0 aliphatic carbocycles. The number of aryl methyl sites for hydroxylation is 1. The van der Waals surface area contributed by atoms with Crippen LogP contribution in [0.5, 0.6) is 0 Å². The van der Waals surface area contributed by atoms with Gasteiger partial charge < -0.3 is 0 Å². The molecule has 0 atom stereocenters. The van der Waals surface area contributed by atoms with Crippen molar-refractivity contribution < 1.29 is 0 Å². The molecule has 1 aliphatic heterocycles. The first-order valence-corrected chi connectivity index (χ1v) is 7.31. The van der Waals surface area contributed by atoms with E-state index >= 15 is 0 Å². The molecule has 0 bridgehead atoms. The number of rotatable bonds is 1. The van der Waals surface area contributed by atoms with Crippen LogP contribution in [0, 0.1) is 6.92 Å². The minimum atomic E-state index is -0.421. The molecule has 0 spiro atoms. The second-order valence-electron chi connectivity index (χ2n) is 3.08. The second kappa shape index (κ2) is 3.21. The first-order valence-electron chi connectivity index (χ1n) is 4.24. The van der Waals surface area contributed by atoms with Gasteiger partial charge in [0.25, 0.3) is 0 Å². The molecule has 2 radical (unpaired) electrons. The van der Waals surface area contributed by atoms with Gasteiger partial charge in [-0.1, -0.05) is 0 Å². The van der Waals surface area contributed by atoms with Gasteiger partial charge in [-0.2, -0.15) is 0 Å². The van der Waals surface area contributed by atoms with E-state index in [1.54, 1.807) is 0 Å². The number of fused-ring (bicyclic) bond motifs is 1. The van der Waals surface area contributed by atoms with Crippen LogP contribution in [0.2, 0.25) is 0 Å². The summed E-state index contributed by atoms with van der Waals surface area (Å²) in [6, 6.07) is 2.28. The predicted molar refractivity (Wildman–Crippen MR) is 52.6 cm³/mol. The van der Waals surface area contributed by atoms with Crippen molar-refractivity contribution in [3.63, 3.8) is 0 Å². The van der Waals surface area contributed by atoms with E-state index in [0.717, 1.165) is 0 Å². The third-order valence-corrected chi connectivity index (χ3v) is 5.46. The summed E-state index contributed by atoms with van der Waals surface area (Å²) in [6.45, 7) is 4.34. The molecule has 0 unspecified atom stereocenters.